The number of hydrogen-bond acceptors (Lipinski definition) is 4. The number of sulfonamides is 1. The summed E-state index contributed by atoms with van der Waals surface area (Å²) in [6.07, 6.45) is 5.07. The van der Waals surface area contributed by atoms with Crippen LogP contribution in [0.4, 0.5) is 0 Å². The second-order valence-corrected chi connectivity index (χ2v) is 9.24. The molecule has 138 valence electrons. The van der Waals surface area contributed by atoms with Gasteiger partial charge in [0.2, 0.25) is 15.9 Å². The van der Waals surface area contributed by atoms with Gasteiger partial charge in [-0.25, -0.2) is 12.7 Å². The van der Waals surface area contributed by atoms with Gasteiger partial charge in [0.15, 0.2) is 0 Å². The number of carbonyl (C=O) groups is 1. The third kappa shape index (κ3) is 4.03. The SMILES string of the molecule is CCS(=O)(=O)N1CCC(C(=O)N(C2CC2)C(C)c2ccccn2)CC1. The van der Waals surface area contributed by atoms with Crippen LogP contribution in [-0.4, -0.2) is 53.4 Å². The third-order valence-electron chi connectivity index (χ3n) is 5.29. The molecule has 1 saturated heterocycles. The van der Waals surface area contributed by atoms with Crippen molar-refractivity contribution in [3.63, 3.8) is 0 Å². The van der Waals surface area contributed by atoms with Gasteiger partial charge in [0.25, 0.3) is 0 Å². The molecular weight excluding hydrogens is 338 g/mol. The Labute approximate surface area is 150 Å². The fraction of sp³-hybridized carbons (Fsp3) is 0.667. The molecule has 0 aromatic carbocycles. The van der Waals surface area contributed by atoms with Crippen molar-refractivity contribution in [2.45, 2.75) is 51.6 Å². The Morgan fingerprint density at radius 2 is 1.96 bits per heavy atom. The van der Waals surface area contributed by atoms with Crippen LogP contribution in [0, 0.1) is 5.92 Å². The monoisotopic (exact) mass is 365 g/mol. The Balaban J connectivity index is 1.68. The van der Waals surface area contributed by atoms with Crippen LogP contribution in [0.5, 0.6) is 0 Å². The van der Waals surface area contributed by atoms with Crippen LogP contribution in [0.15, 0.2) is 24.4 Å². The van der Waals surface area contributed by atoms with E-state index in [-0.39, 0.29) is 23.6 Å². The molecule has 1 aliphatic carbocycles. The number of hydrogen-bond donors (Lipinski definition) is 0. The summed E-state index contributed by atoms with van der Waals surface area (Å²) < 4.78 is 25.5. The molecular formula is C18H27N3O3S. The highest BCUT2D eigenvalue weighted by atomic mass is 32.2. The smallest absolute Gasteiger partial charge is 0.226 e. The summed E-state index contributed by atoms with van der Waals surface area (Å²) in [5, 5.41) is 0. The summed E-state index contributed by atoms with van der Waals surface area (Å²) in [5.74, 6) is 0.195. The van der Waals surface area contributed by atoms with Gasteiger partial charge >= 0.3 is 0 Å². The average Bonchev–Trinajstić information content (AvgIpc) is 3.47. The Morgan fingerprint density at radius 1 is 1.28 bits per heavy atom. The van der Waals surface area contributed by atoms with Crippen molar-refractivity contribution in [2.24, 2.45) is 5.92 Å². The normalized spacial score (nSPS) is 21.0. The summed E-state index contributed by atoms with van der Waals surface area (Å²) in [6.45, 7) is 4.59. The van der Waals surface area contributed by atoms with Crippen molar-refractivity contribution in [3.05, 3.63) is 30.1 Å². The Bertz CT molecular complexity index is 696. The molecule has 1 aromatic rings. The van der Waals surface area contributed by atoms with Crippen molar-refractivity contribution in [2.75, 3.05) is 18.8 Å². The quantitative estimate of drug-likeness (QED) is 0.775. The number of rotatable bonds is 6. The molecule has 1 unspecified atom stereocenters. The van der Waals surface area contributed by atoms with Crippen molar-refractivity contribution < 1.29 is 13.2 Å². The highest BCUT2D eigenvalue weighted by Crippen LogP contribution is 2.36. The number of carbonyl (C=O) groups excluding carboxylic acids is 1. The van der Waals surface area contributed by atoms with Gasteiger partial charge in [-0.1, -0.05) is 6.07 Å². The van der Waals surface area contributed by atoms with Gasteiger partial charge in [0, 0.05) is 31.2 Å². The lowest BCUT2D eigenvalue weighted by Crippen LogP contribution is -2.46. The molecule has 7 heteroatoms. The molecule has 6 nitrogen and oxygen atoms in total. The first kappa shape index (κ1) is 18.3. The maximum absolute atomic E-state index is 13.2. The number of amides is 1. The topological polar surface area (TPSA) is 70.6 Å². The average molecular weight is 365 g/mol. The van der Waals surface area contributed by atoms with Crippen molar-refractivity contribution in [1.29, 1.82) is 0 Å². The summed E-state index contributed by atoms with van der Waals surface area (Å²) >= 11 is 0. The standard InChI is InChI=1S/C18H27N3O3S/c1-3-25(23,24)20-12-9-15(10-13-20)18(22)21(16-7-8-16)14(2)17-6-4-5-11-19-17/h4-6,11,14-16H,3,7-10,12-13H2,1-2H3. The molecule has 0 spiro atoms. The molecule has 2 aliphatic rings. The molecule has 1 aliphatic heterocycles. The fourth-order valence-electron chi connectivity index (χ4n) is 3.58. The molecule has 25 heavy (non-hydrogen) atoms. The van der Waals surface area contributed by atoms with Crippen LogP contribution < -0.4 is 0 Å². The highest BCUT2D eigenvalue weighted by Gasteiger charge is 2.40. The number of nitrogens with zero attached hydrogens (tertiary/aromatic N) is 3. The minimum atomic E-state index is -3.16. The van der Waals surface area contributed by atoms with Gasteiger partial charge in [0.1, 0.15) is 0 Å². The zero-order valence-corrected chi connectivity index (χ0v) is 15.8. The van der Waals surface area contributed by atoms with Crippen LogP contribution in [0.1, 0.15) is 51.3 Å². The Hall–Kier alpha value is -1.47. The van der Waals surface area contributed by atoms with Crippen LogP contribution in [0.3, 0.4) is 0 Å². The first-order valence-corrected chi connectivity index (χ1v) is 10.8. The molecule has 1 atom stereocenters. The van der Waals surface area contributed by atoms with E-state index >= 15 is 0 Å². The maximum Gasteiger partial charge on any atom is 0.226 e. The summed E-state index contributed by atoms with van der Waals surface area (Å²) in [4.78, 5) is 19.6. The van der Waals surface area contributed by atoms with Gasteiger partial charge < -0.3 is 4.90 Å². The molecule has 2 fully saturated rings. The second-order valence-electron chi connectivity index (χ2n) is 6.98. The van der Waals surface area contributed by atoms with E-state index in [0.29, 0.717) is 32.0 Å². The maximum atomic E-state index is 13.2. The van der Waals surface area contributed by atoms with Gasteiger partial charge in [0.05, 0.1) is 17.5 Å². The van der Waals surface area contributed by atoms with Crippen molar-refractivity contribution in [3.8, 4) is 0 Å². The van der Waals surface area contributed by atoms with Gasteiger partial charge in [-0.2, -0.15) is 0 Å². The minimum absolute atomic E-state index is 0.0430. The van der Waals surface area contributed by atoms with E-state index in [9.17, 15) is 13.2 Å². The molecule has 1 saturated carbocycles. The number of pyridine rings is 1. The van der Waals surface area contributed by atoms with E-state index in [0.717, 1.165) is 18.5 Å². The summed E-state index contributed by atoms with van der Waals surface area (Å²) in [7, 11) is -3.16. The zero-order valence-electron chi connectivity index (χ0n) is 15.0. The van der Waals surface area contributed by atoms with E-state index < -0.39 is 10.0 Å². The first-order valence-electron chi connectivity index (χ1n) is 9.15. The molecule has 2 heterocycles. The lowest BCUT2D eigenvalue weighted by molar-refractivity contribution is -0.139. The molecule has 0 radical (unpaired) electrons. The highest BCUT2D eigenvalue weighted by molar-refractivity contribution is 7.89. The van der Waals surface area contributed by atoms with Crippen LogP contribution in [-0.2, 0) is 14.8 Å². The van der Waals surface area contributed by atoms with Gasteiger partial charge in [-0.3, -0.25) is 9.78 Å². The van der Waals surface area contributed by atoms with E-state index in [2.05, 4.69) is 4.98 Å². The minimum Gasteiger partial charge on any atom is -0.331 e. The summed E-state index contributed by atoms with van der Waals surface area (Å²) in [6, 6.07) is 6.05. The Morgan fingerprint density at radius 3 is 2.48 bits per heavy atom. The van der Waals surface area contributed by atoms with E-state index in [1.165, 1.54) is 4.31 Å². The van der Waals surface area contributed by atoms with E-state index in [1.54, 1.807) is 13.1 Å². The van der Waals surface area contributed by atoms with Gasteiger partial charge in [-0.15, -0.1) is 0 Å². The predicted molar refractivity (Wildman–Crippen MR) is 96.3 cm³/mol. The lowest BCUT2D eigenvalue weighted by atomic mass is 9.95. The molecule has 0 bridgehead atoms. The third-order valence-corrected chi connectivity index (χ3v) is 7.17. The zero-order chi connectivity index (χ0) is 18.0. The molecule has 0 N–H and O–H groups in total. The largest absolute Gasteiger partial charge is 0.331 e. The number of aromatic nitrogens is 1. The Kier molecular flexibility index (Phi) is 5.43. The van der Waals surface area contributed by atoms with Crippen LogP contribution >= 0.6 is 0 Å². The van der Waals surface area contributed by atoms with E-state index in [4.69, 9.17) is 0 Å². The second kappa shape index (κ2) is 7.41. The number of piperidine rings is 1. The van der Waals surface area contributed by atoms with Crippen molar-refractivity contribution >= 4 is 15.9 Å². The van der Waals surface area contributed by atoms with Crippen molar-refractivity contribution in [1.82, 2.24) is 14.2 Å². The molecule has 3 rings (SSSR count). The molecule has 1 amide bonds. The summed E-state index contributed by atoms with van der Waals surface area (Å²) in [5.41, 5.74) is 0.911. The van der Waals surface area contributed by atoms with E-state index in [1.807, 2.05) is 30.0 Å². The van der Waals surface area contributed by atoms with Crippen LogP contribution in [0.2, 0.25) is 0 Å². The lowest BCUT2D eigenvalue weighted by Gasteiger charge is -2.36. The fourth-order valence-corrected chi connectivity index (χ4v) is 4.71. The predicted octanol–water partition coefficient (Wildman–Crippen LogP) is 2.20. The van der Waals surface area contributed by atoms with Crippen LogP contribution in [0.25, 0.3) is 0 Å². The van der Waals surface area contributed by atoms with Gasteiger partial charge in [-0.05, 0) is 51.7 Å². The molecule has 1 aromatic heterocycles. The first-order chi connectivity index (χ1) is 11.9.